The van der Waals surface area contributed by atoms with E-state index >= 15 is 0 Å². The van der Waals surface area contributed by atoms with Crippen LogP contribution < -0.4 is 5.32 Å². The normalized spacial score (nSPS) is 24.0. The molecule has 0 bridgehead atoms. The molecule has 1 fully saturated rings. The number of esters is 1. The van der Waals surface area contributed by atoms with Gasteiger partial charge in [-0.3, -0.25) is 14.9 Å². The summed E-state index contributed by atoms with van der Waals surface area (Å²) in [5, 5.41) is 2.82. The summed E-state index contributed by atoms with van der Waals surface area (Å²) in [6.07, 6.45) is 0. The Kier molecular flexibility index (Phi) is 5.56. The van der Waals surface area contributed by atoms with Crippen molar-refractivity contribution in [1.29, 1.82) is 0 Å². The number of carbonyl (C=O) groups excluding carboxylic acids is 2. The number of aliphatic imine (C=N–C) groups is 1. The van der Waals surface area contributed by atoms with Crippen LogP contribution in [0.25, 0.3) is 0 Å². The van der Waals surface area contributed by atoms with Gasteiger partial charge in [-0.2, -0.15) is 0 Å². The van der Waals surface area contributed by atoms with Crippen molar-refractivity contribution in [3.63, 3.8) is 0 Å². The van der Waals surface area contributed by atoms with Crippen molar-refractivity contribution < 1.29 is 14.3 Å². The molecule has 1 aromatic carbocycles. The number of nitrogens with zero attached hydrogens (tertiary/aromatic N) is 3. The van der Waals surface area contributed by atoms with Crippen LogP contribution in [0.3, 0.4) is 0 Å². The number of rotatable bonds is 3. The predicted molar refractivity (Wildman–Crippen MR) is 98.7 cm³/mol. The number of piperazine rings is 1. The molecule has 26 heavy (non-hydrogen) atoms. The van der Waals surface area contributed by atoms with Gasteiger partial charge in [-0.05, 0) is 26.5 Å². The molecule has 2 aliphatic rings. The lowest BCUT2D eigenvalue weighted by Crippen LogP contribution is -2.56. The number of hydrogen-bond acceptors (Lipinski definition) is 6. The molecule has 0 radical (unpaired) electrons. The van der Waals surface area contributed by atoms with Gasteiger partial charge in [0.2, 0.25) is 11.9 Å². The summed E-state index contributed by atoms with van der Waals surface area (Å²) in [5.74, 6) is -1.29. The number of benzene rings is 1. The van der Waals surface area contributed by atoms with Gasteiger partial charge in [0.1, 0.15) is 6.04 Å². The highest BCUT2D eigenvalue weighted by Crippen LogP contribution is 2.31. The van der Waals surface area contributed by atoms with Crippen molar-refractivity contribution in [1.82, 2.24) is 15.1 Å². The average Bonchev–Trinajstić information content (AvgIpc) is 2.61. The van der Waals surface area contributed by atoms with Gasteiger partial charge in [0, 0.05) is 26.2 Å². The third-order valence-corrected chi connectivity index (χ3v) is 4.82. The summed E-state index contributed by atoms with van der Waals surface area (Å²) < 4.78 is 5.14. The van der Waals surface area contributed by atoms with Crippen molar-refractivity contribution >= 4 is 17.8 Å². The number of guanidine groups is 1. The molecule has 1 N–H and O–H groups in total. The van der Waals surface area contributed by atoms with Crippen molar-refractivity contribution in [2.24, 2.45) is 10.9 Å². The Morgan fingerprint density at radius 1 is 1.31 bits per heavy atom. The molecule has 0 aliphatic carbocycles. The van der Waals surface area contributed by atoms with Gasteiger partial charge in [0.15, 0.2) is 5.92 Å². The zero-order chi connectivity index (χ0) is 18.7. The van der Waals surface area contributed by atoms with Gasteiger partial charge in [-0.15, -0.1) is 0 Å². The first-order valence-electron chi connectivity index (χ1n) is 9.05. The average molecular weight is 358 g/mol. The van der Waals surface area contributed by atoms with Crippen molar-refractivity contribution in [2.45, 2.75) is 19.9 Å². The predicted octanol–water partition coefficient (Wildman–Crippen LogP) is 0.949. The minimum atomic E-state index is -0.965. The SMILES string of the molecule is CCOC(=O)[C@H]1C(=O)NC(N2CCN(C)CC2)=N[C@H]1c1cccc(C)c1. The third-order valence-electron chi connectivity index (χ3n) is 4.82. The number of likely N-dealkylation sites (N-methyl/N-ethyl adjacent to an activating group) is 1. The van der Waals surface area contributed by atoms with Crippen LogP contribution in [0.2, 0.25) is 0 Å². The van der Waals surface area contributed by atoms with E-state index in [4.69, 9.17) is 9.73 Å². The number of nitrogens with one attached hydrogen (secondary N) is 1. The fourth-order valence-electron chi connectivity index (χ4n) is 3.34. The van der Waals surface area contributed by atoms with E-state index in [1.807, 2.05) is 31.2 Å². The lowest BCUT2D eigenvalue weighted by atomic mass is 9.90. The van der Waals surface area contributed by atoms with Gasteiger partial charge >= 0.3 is 5.97 Å². The fourth-order valence-corrected chi connectivity index (χ4v) is 3.34. The Bertz CT molecular complexity index is 710. The monoisotopic (exact) mass is 358 g/mol. The second kappa shape index (κ2) is 7.86. The van der Waals surface area contributed by atoms with E-state index in [-0.39, 0.29) is 12.5 Å². The van der Waals surface area contributed by atoms with Gasteiger partial charge in [0.05, 0.1) is 6.61 Å². The molecule has 0 spiro atoms. The summed E-state index contributed by atoms with van der Waals surface area (Å²) >= 11 is 0. The Hall–Kier alpha value is -2.41. The van der Waals surface area contributed by atoms with Crippen molar-refractivity contribution in [3.05, 3.63) is 35.4 Å². The second-order valence-electron chi connectivity index (χ2n) is 6.82. The standard InChI is InChI=1S/C19H26N4O3/c1-4-26-18(25)15-16(14-7-5-6-13(2)12-14)20-19(21-17(15)24)23-10-8-22(3)9-11-23/h5-7,12,15-16H,4,8-11H2,1-3H3,(H,20,21,24)/t15-,16+/m1/s1. The minimum absolute atomic E-state index is 0.234. The smallest absolute Gasteiger partial charge is 0.321 e. The molecule has 1 aromatic rings. The second-order valence-corrected chi connectivity index (χ2v) is 6.82. The molecule has 0 aromatic heterocycles. The van der Waals surface area contributed by atoms with E-state index in [2.05, 4.69) is 22.2 Å². The van der Waals surface area contributed by atoms with Gasteiger partial charge in [-0.1, -0.05) is 29.8 Å². The molecule has 0 unspecified atom stereocenters. The number of ether oxygens (including phenoxy) is 1. The first kappa shape index (κ1) is 18.4. The molecular formula is C19H26N4O3. The lowest BCUT2D eigenvalue weighted by Gasteiger charge is -2.37. The summed E-state index contributed by atoms with van der Waals surface area (Å²) in [4.78, 5) is 34.3. The highest BCUT2D eigenvalue weighted by Gasteiger charge is 2.42. The third kappa shape index (κ3) is 3.88. The van der Waals surface area contributed by atoms with E-state index in [1.165, 1.54) is 0 Å². The van der Waals surface area contributed by atoms with Crippen LogP contribution in [0.1, 0.15) is 24.1 Å². The zero-order valence-electron chi connectivity index (χ0n) is 15.6. The lowest BCUT2D eigenvalue weighted by molar-refractivity contribution is -0.153. The highest BCUT2D eigenvalue weighted by atomic mass is 16.5. The Morgan fingerprint density at radius 3 is 2.69 bits per heavy atom. The maximum atomic E-state index is 12.8. The Morgan fingerprint density at radius 2 is 2.04 bits per heavy atom. The van der Waals surface area contributed by atoms with Crippen LogP contribution in [0.15, 0.2) is 29.3 Å². The summed E-state index contributed by atoms with van der Waals surface area (Å²) in [6.45, 7) is 7.35. The van der Waals surface area contributed by atoms with E-state index in [0.29, 0.717) is 5.96 Å². The van der Waals surface area contributed by atoms with Crippen LogP contribution >= 0.6 is 0 Å². The Labute approximate surface area is 154 Å². The van der Waals surface area contributed by atoms with Crippen LogP contribution in [-0.4, -0.2) is 67.5 Å². The molecule has 1 amide bonds. The molecule has 2 heterocycles. The summed E-state index contributed by atoms with van der Waals surface area (Å²) in [7, 11) is 2.07. The quantitative estimate of drug-likeness (QED) is 0.643. The largest absolute Gasteiger partial charge is 0.465 e. The molecule has 140 valence electrons. The van der Waals surface area contributed by atoms with E-state index in [0.717, 1.165) is 37.3 Å². The number of carbonyl (C=O) groups is 2. The fraction of sp³-hybridized carbons (Fsp3) is 0.526. The van der Waals surface area contributed by atoms with E-state index in [1.54, 1.807) is 6.92 Å². The zero-order valence-corrected chi connectivity index (χ0v) is 15.6. The number of amides is 1. The van der Waals surface area contributed by atoms with E-state index < -0.39 is 17.9 Å². The maximum absolute atomic E-state index is 12.8. The van der Waals surface area contributed by atoms with Gasteiger partial charge in [0.25, 0.3) is 0 Å². The minimum Gasteiger partial charge on any atom is -0.465 e. The van der Waals surface area contributed by atoms with Crippen molar-refractivity contribution in [2.75, 3.05) is 39.8 Å². The molecule has 7 nitrogen and oxygen atoms in total. The number of hydrogen-bond donors (Lipinski definition) is 1. The Balaban J connectivity index is 1.95. The molecule has 7 heteroatoms. The topological polar surface area (TPSA) is 74.2 Å². The van der Waals surface area contributed by atoms with Crippen LogP contribution in [0.5, 0.6) is 0 Å². The molecule has 2 aliphatic heterocycles. The molecular weight excluding hydrogens is 332 g/mol. The molecule has 1 saturated heterocycles. The summed E-state index contributed by atoms with van der Waals surface area (Å²) in [5.41, 5.74) is 1.91. The van der Waals surface area contributed by atoms with Crippen LogP contribution in [0.4, 0.5) is 0 Å². The highest BCUT2D eigenvalue weighted by molar-refractivity contribution is 6.08. The summed E-state index contributed by atoms with van der Waals surface area (Å²) in [6, 6.07) is 7.22. The number of aryl methyl sites for hydroxylation is 1. The van der Waals surface area contributed by atoms with E-state index in [9.17, 15) is 9.59 Å². The maximum Gasteiger partial charge on any atom is 0.321 e. The van der Waals surface area contributed by atoms with Gasteiger partial charge in [-0.25, -0.2) is 4.99 Å². The van der Waals surface area contributed by atoms with Crippen LogP contribution in [0, 0.1) is 12.8 Å². The molecule has 2 atom stereocenters. The van der Waals surface area contributed by atoms with Gasteiger partial charge < -0.3 is 14.5 Å². The van der Waals surface area contributed by atoms with Crippen molar-refractivity contribution in [3.8, 4) is 0 Å². The van der Waals surface area contributed by atoms with Crippen LogP contribution in [-0.2, 0) is 14.3 Å². The first-order chi connectivity index (χ1) is 12.5. The first-order valence-corrected chi connectivity index (χ1v) is 9.05. The molecule has 0 saturated carbocycles. The molecule has 3 rings (SSSR count).